The summed E-state index contributed by atoms with van der Waals surface area (Å²) < 4.78 is 39.1. The number of rotatable bonds is 5. The number of anilines is 3. The van der Waals surface area contributed by atoms with Crippen LogP contribution in [0.15, 0.2) is 6.20 Å². The van der Waals surface area contributed by atoms with E-state index < -0.39 is 22.3 Å². The molecular weight excluding hydrogens is 425 g/mol. The zero-order valence-electron chi connectivity index (χ0n) is 16.2. The van der Waals surface area contributed by atoms with Crippen LogP contribution in [0.25, 0.3) is 0 Å². The van der Waals surface area contributed by atoms with E-state index >= 15 is 0 Å². The zero-order chi connectivity index (χ0) is 21.6. The molecule has 1 amide bonds. The Morgan fingerprint density at radius 3 is 2.52 bits per heavy atom. The quantitative estimate of drug-likeness (QED) is 0.570. The molecule has 1 aliphatic rings. The van der Waals surface area contributed by atoms with Crippen LogP contribution in [0.1, 0.15) is 17.0 Å². The summed E-state index contributed by atoms with van der Waals surface area (Å²) in [5, 5.41) is 8.65. The number of halogens is 4. The number of hydrogen-bond acceptors (Lipinski definition) is 7. The summed E-state index contributed by atoms with van der Waals surface area (Å²) >= 11 is 7.43. The molecule has 0 unspecified atom stereocenters. The van der Waals surface area contributed by atoms with E-state index in [0.717, 1.165) is 0 Å². The van der Waals surface area contributed by atoms with E-state index in [2.05, 4.69) is 30.9 Å². The maximum atomic E-state index is 13.0. The van der Waals surface area contributed by atoms with Gasteiger partial charge in [-0.2, -0.15) is 18.2 Å². The largest absolute Gasteiger partial charge is 0.421 e. The number of hydrogen-bond donors (Lipinski definition) is 3. The Hall–Kier alpha value is -1.95. The second kappa shape index (κ2) is 7.39. The second-order valence-corrected chi connectivity index (χ2v) is 8.99. The molecule has 0 bridgehead atoms. The summed E-state index contributed by atoms with van der Waals surface area (Å²) in [7, 11) is 7.21. The first-order valence-corrected chi connectivity index (χ1v) is 9.93. The predicted octanol–water partition coefficient (Wildman–Crippen LogP) is 0.121. The minimum absolute atomic E-state index is 0.0693. The lowest BCUT2D eigenvalue weighted by atomic mass is 9.32. The number of aromatic nitrogens is 3. The van der Waals surface area contributed by atoms with Crippen LogP contribution in [0.2, 0.25) is 10.3 Å². The fraction of sp³-hybridized carbons (Fsp3) is 0.429. The number of thiazole rings is 1. The van der Waals surface area contributed by atoms with Crippen molar-refractivity contribution in [1.82, 2.24) is 20.3 Å². The summed E-state index contributed by atoms with van der Waals surface area (Å²) in [5.41, 5.74) is -1.82. The number of carbonyl (C=O) groups excluding carboxylic acids is 1. The number of nitrogens with one attached hydrogen (secondary N) is 3. The molecule has 1 fully saturated rings. The first-order valence-electron chi connectivity index (χ1n) is 8.74. The third kappa shape index (κ3) is 3.79. The highest BCUT2D eigenvalue weighted by Gasteiger charge is 2.54. The van der Waals surface area contributed by atoms with Crippen LogP contribution in [0.5, 0.6) is 0 Å². The van der Waals surface area contributed by atoms with Crippen molar-refractivity contribution in [1.29, 1.82) is 0 Å². The van der Waals surface area contributed by atoms with Crippen LogP contribution < -0.4 is 16.0 Å². The van der Waals surface area contributed by atoms with E-state index in [1.54, 1.807) is 0 Å². The molecule has 1 aliphatic heterocycles. The lowest BCUT2D eigenvalue weighted by molar-refractivity contribution is -0.137. The summed E-state index contributed by atoms with van der Waals surface area (Å²) in [6.07, 6.45) is -3.32. The molecule has 0 saturated carbocycles. The molecule has 3 N–H and O–H groups in total. The van der Waals surface area contributed by atoms with E-state index in [4.69, 9.17) is 11.6 Å². The molecule has 0 aromatic carbocycles. The van der Waals surface area contributed by atoms with E-state index in [1.807, 2.05) is 23.5 Å². The summed E-state index contributed by atoms with van der Waals surface area (Å²) in [4.78, 5) is 24.7. The van der Waals surface area contributed by atoms with Gasteiger partial charge >= 0.3 is 6.18 Å². The molecular formula is C14H17B3ClF3N6OS. The molecule has 3 rings (SSSR count). The standard InChI is InChI=1S/C14H17B3ClF3N6OS/c1-22-7-5(13(19,20)21)4-24-11(26-7)27-8-6(18)25-10(29-8)12(14(15,16)17)2-3-23-9(12)28/h4H,2-3,15-17H2,1H3,(H,23,28)(H2,22,24,26,27)/t12-/m0/s1. The van der Waals surface area contributed by atoms with Gasteiger partial charge in [-0.1, -0.05) is 28.1 Å². The van der Waals surface area contributed by atoms with Crippen molar-refractivity contribution < 1.29 is 18.0 Å². The molecule has 3 heterocycles. The first-order chi connectivity index (χ1) is 13.4. The molecule has 29 heavy (non-hydrogen) atoms. The molecule has 1 atom stereocenters. The maximum absolute atomic E-state index is 13.0. The van der Waals surface area contributed by atoms with Gasteiger partial charge in [0.15, 0.2) is 5.15 Å². The fourth-order valence-corrected chi connectivity index (χ4v) is 4.95. The third-order valence-corrected chi connectivity index (χ3v) is 6.48. The number of nitrogens with zero attached hydrogens (tertiary/aromatic N) is 3. The van der Waals surface area contributed by atoms with Crippen LogP contribution in [0.4, 0.5) is 29.9 Å². The molecule has 152 valence electrons. The van der Waals surface area contributed by atoms with Gasteiger partial charge in [0.1, 0.15) is 21.4 Å². The van der Waals surface area contributed by atoms with Gasteiger partial charge < -0.3 is 16.0 Å². The first kappa shape index (κ1) is 21.8. The van der Waals surface area contributed by atoms with E-state index in [1.165, 1.54) is 18.4 Å². The molecule has 15 heteroatoms. The highest BCUT2D eigenvalue weighted by molar-refractivity contribution is 7.16. The van der Waals surface area contributed by atoms with Crippen LogP contribution in [0, 0.1) is 0 Å². The summed E-state index contributed by atoms with van der Waals surface area (Å²) in [5.74, 6) is -0.553. The third-order valence-electron chi connectivity index (χ3n) is 4.96. The molecule has 2 aromatic rings. The van der Waals surface area contributed by atoms with E-state index in [-0.39, 0.29) is 22.8 Å². The van der Waals surface area contributed by atoms with E-state index in [9.17, 15) is 18.0 Å². The Bertz CT molecular complexity index is 954. The summed E-state index contributed by atoms with van der Waals surface area (Å²) in [6, 6.07) is 0. The average molecular weight is 442 g/mol. The van der Waals surface area contributed by atoms with Crippen molar-refractivity contribution in [2.45, 2.75) is 23.1 Å². The van der Waals surface area contributed by atoms with Crippen molar-refractivity contribution in [3.05, 3.63) is 21.9 Å². The van der Waals surface area contributed by atoms with Crippen molar-refractivity contribution in [2.75, 3.05) is 24.2 Å². The normalized spacial score (nSPS) is 19.8. The second-order valence-electron chi connectivity index (χ2n) is 7.63. The minimum Gasteiger partial charge on any atom is -0.372 e. The fourth-order valence-electron chi connectivity index (χ4n) is 3.37. The van der Waals surface area contributed by atoms with Crippen LogP contribution in [0.3, 0.4) is 0 Å². The molecule has 0 spiro atoms. The molecule has 0 radical (unpaired) electrons. The van der Waals surface area contributed by atoms with Gasteiger partial charge in [0.05, 0.1) is 29.0 Å². The lowest BCUT2D eigenvalue weighted by Crippen LogP contribution is -2.47. The van der Waals surface area contributed by atoms with Gasteiger partial charge in [-0.15, -0.1) is 0 Å². The number of carbonyl (C=O) groups is 1. The van der Waals surface area contributed by atoms with Crippen molar-refractivity contribution in [2.24, 2.45) is 0 Å². The van der Waals surface area contributed by atoms with Crippen LogP contribution in [-0.2, 0) is 16.4 Å². The number of amides is 1. The molecule has 7 nitrogen and oxygen atoms in total. The van der Waals surface area contributed by atoms with Gasteiger partial charge in [-0.05, 0) is 6.42 Å². The predicted molar refractivity (Wildman–Crippen MR) is 115 cm³/mol. The SMILES string of the molecule is BC(B)(B)[C@@]1(c2nc(Cl)c(Nc3ncc(C(F)(F)F)c(NC)n3)s2)CCNC1=O. The number of alkyl halides is 3. The highest BCUT2D eigenvalue weighted by atomic mass is 35.5. The lowest BCUT2D eigenvalue weighted by Gasteiger charge is -2.37. The maximum Gasteiger partial charge on any atom is 0.421 e. The van der Waals surface area contributed by atoms with Gasteiger partial charge in [0, 0.05) is 19.8 Å². The van der Waals surface area contributed by atoms with Gasteiger partial charge in [0.2, 0.25) is 11.9 Å². The van der Waals surface area contributed by atoms with Crippen molar-refractivity contribution >= 4 is 69.2 Å². The van der Waals surface area contributed by atoms with E-state index in [0.29, 0.717) is 29.2 Å². The topological polar surface area (TPSA) is 91.8 Å². The molecule has 1 saturated heterocycles. The van der Waals surface area contributed by atoms with Gasteiger partial charge in [-0.3, -0.25) is 4.79 Å². The Morgan fingerprint density at radius 2 is 2.00 bits per heavy atom. The zero-order valence-corrected chi connectivity index (χ0v) is 17.7. The van der Waals surface area contributed by atoms with Gasteiger partial charge in [-0.25, -0.2) is 9.97 Å². The Balaban J connectivity index is 1.97. The summed E-state index contributed by atoms with van der Waals surface area (Å²) in [6.45, 7) is 0.531. The monoisotopic (exact) mass is 442 g/mol. The van der Waals surface area contributed by atoms with Gasteiger partial charge in [0.25, 0.3) is 0 Å². The Kier molecular flexibility index (Phi) is 5.54. The highest BCUT2D eigenvalue weighted by Crippen LogP contribution is 2.49. The smallest absolute Gasteiger partial charge is 0.372 e. The van der Waals surface area contributed by atoms with Crippen molar-refractivity contribution in [3.8, 4) is 0 Å². The molecule has 0 aliphatic carbocycles. The van der Waals surface area contributed by atoms with Crippen LogP contribution >= 0.6 is 22.9 Å². The minimum atomic E-state index is -4.58. The Morgan fingerprint density at radius 1 is 1.31 bits per heavy atom. The molecule has 2 aromatic heterocycles. The Labute approximate surface area is 176 Å². The van der Waals surface area contributed by atoms with Crippen LogP contribution in [-0.4, -0.2) is 58.0 Å². The average Bonchev–Trinajstić information content (AvgIpc) is 3.17. The van der Waals surface area contributed by atoms with Crippen molar-refractivity contribution in [3.63, 3.8) is 0 Å².